The summed E-state index contributed by atoms with van der Waals surface area (Å²) in [4.78, 5) is 9.59. The van der Waals surface area contributed by atoms with Crippen molar-refractivity contribution in [2.24, 2.45) is 0 Å². The number of aromatic nitrogens is 2. The Bertz CT molecular complexity index is 710. The number of benzene rings is 1. The molecule has 0 spiro atoms. The Morgan fingerprint density at radius 2 is 2.00 bits per heavy atom. The van der Waals surface area contributed by atoms with Crippen molar-refractivity contribution in [1.82, 2.24) is 9.19 Å². The summed E-state index contributed by atoms with van der Waals surface area (Å²) >= 11 is 5.57. The molecular weight excluding hydrogens is 282 g/mol. The molecule has 9 heteroatoms. The minimum atomic E-state index is -4.11. The van der Waals surface area contributed by atoms with E-state index in [2.05, 4.69) is 5.10 Å². The van der Waals surface area contributed by atoms with Gasteiger partial charge < -0.3 is 0 Å². The van der Waals surface area contributed by atoms with Gasteiger partial charge in [-0.15, -0.1) is 0 Å². The fraction of sp³-hybridized carbons (Fsp3) is 0. The van der Waals surface area contributed by atoms with Gasteiger partial charge in [-0.3, -0.25) is 10.1 Å². The Morgan fingerprint density at radius 1 is 1.33 bits per heavy atom. The van der Waals surface area contributed by atoms with Crippen LogP contribution in [0, 0.1) is 10.1 Å². The van der Waals surface area contributed by atoms with Gasteiger partial charge in [0.05, 0.1) is 22.3 Å². The van der Waals surface area contributed by atoms with Crippen molar-refractivity contribution in [3.63, 3.8) is 0 Å². The first kappa shape index (κ1) is 12.5. The Kier molecular flexibility index (Phi) is 3.05. The number of hydrogen-bond donors (Lipinski definition) is 0. The highest BCUT2D eigenvalue weighted by molar-refractivity contribution is 7.90. The molecule has 0 saturated heterocycles. The van der Waals surface area contributed by atoms with E-state index in [-0.39, 0.29) is 5.02 Å². The van der Waals surface area contributed by atoms with Crippen molar-refractivity contribution in [2.75, 3.05) is 0 Å². The zero-order chi connectivity index (χ0) is 13.3. The van der Waals surface area contributed by atoms with E-state index in [9.17, 15) is 18.5 Å². The van der Waals surface area contributed by atoms with Crippen LogP contribution in [-0.4, -0.2) is 22.5 Å². The van der Waals surface area contributed by atoms with Gasteiger partial charge in [-0.25, -0.2) is 0 Å². The van der Waals surface area contributed by atoms with Crippen LogP contribution in [0.1, 0.15) is 0 Å². The molecule has 2 aromatic rings. The average molecular weight is 288 g/mol. The lowest BCUT2D eigenvalue weighted by Crippen LogP contribution is -2.15. The Morgan fingerprint density at radius 3 is 2.56 bits per heavy atom. The van der Waals surface area contributed by atoms with Gasteiger partial charge in [0.25, 0.3) is 15.7 Å². The molecule has 0 amide bonds. The molecule has 0 fully saturated rings. The number of nitro groups is 1. The summed E-state index contributed by atoms with van der Waals surface area (Å²) in [6, 6.07) is 5.03. The highest BCUT2D eigenvalue weighted by Crippen LogP contribution is 2.25. The second kappa shape index (κ2) is 4.39. The minimum absolute atomic E-state index is 0.122. The molecule has 1 aromatic carbocycles. The normalized spacial score (nSPS) is 11.4. The van der Waals surface area contributed by atoms with Gasteiger partial charge in [0.2, 0.25) is 0 Å². The minimum Gasteiger partial charge on any atom is -0.258 e. The molecule has 94 valence electrons. The van der Waals surface area contributed by atoms with E-state index < -0.39 is 25.5 Å². The molecule has 0 unspecified atom stereocenters. The fourth-order valence-corrected chi connectivity index (χ4v) is 2.82. The number of nitrogens with zero attached hydrogens (tertiary/aromatic N) is 3. The summed E-state index contributed by atoms with van der Waals surface area (Å²) < 4.78 is 24.8. The van der Waals surface area contributed by atoms with Gasteiger partial charge >= 0.3 is 0 Å². The van der Waals surface area contributed by atoms with Crippen molar-refractivity contribution in [3.05, 3.63) is 51.8 Å². The smallest absolute Gasteiger partial charge is 0.258 e. The number of nitro benzene ring substituents is 1. The van der Waals surface area contributed by atoms with E-state index in [1.54, 1.807) is 0 Å². The number of hydrogen-bond acceptors (Lipinski definition) is 5. The van der Waals surface area contributed by atoms with Crippen molar-refractivity contribution in [2.45, 2.75) is 4.90 Å². The lowest BCUT2D eigenvalue weighted by molar-refractivity contribution is -0.387. The third-order valence-corrected chi connectivity index (χ3v) is 3.90. The highest BCUT2D eigenvalue weighted by atomic mass is 35.5. The maximum atomic E-state index is 12.1. The van der Waals surface area contributed by atoms with Crippen LogP contribution in [0.25, 0.3) is 0 Å². The third kappa shape index (κ3) is 2.07. The number of para-hydroxylation sites is 1. The van der Waals surface area contributed by atoms with Crippen molar-refractivity contribution < 1.29 is 13.3 Å². The van der Waals surface area contributed by atoms with E-state index in [4.69, 9.17) is 11.6 Å². The molecule has 0 bridgehead atoms. The molecule has 1 aromatic heterocycles. The van der Waals surface area contributed by atoms with E-state index in [1.807, 2.05) is 0 Å². The fourth-order valence-electron chi connectivity index (χ4n) is 1.34. The molecule has 0 saturated carbocycles. The lowest BCUT2D eigenvalue weighted by atomic mass is 10.3. The van der Waals surface area contributed by atoms with Crippen LogP contribution >= 0.6 is 11.6 Å². The average Bonchev–Trinajstić information content (AvgIpc) is 2.76. The summed E-state index contributed by atoms with van der Waals surface area (Å²) in [7, 11) is -4.11. The monoisotopic (exact) mass is 287 g/mol. The van der Waals surface area contributed by atoms with Gasteiger partial charge in [0.1, 0.15) is 0 Å². The summed E-state index contributed by atoms with van der Waals surface area (Å²) in [6.45, 7) is 0. The first-order chi connectivity index (χ1) is 8.43. The number of halogens is 1. The van der Waals surface area contributed by atoms with Crippen LogP contribution in [0.3, 0.4) is 0 Å². The Balaban J connectivity index is 2.65. The Labute approximate surface area is 107 Å². The summed E-state index contributed by atoms with van der Waals surface area (Å²) in [5.74, 6) is 0. The molecule has 18 heavy (non-hydrogen) atoms. The molecule has 1 heterocycles. The quantitative estimate of drug-likeness (QED) is 0.632. The largest absolute Gasteiger partial charge is 0.289 e. The predicted molar refractivity (Wildman–Crippen MR) is 62.9 cm³/mol. The van der Waals surface area contributed by atoms with Crippen molar-refractivity contribution in [1.29, 1.82) is 0 Å². The van der Waals surface area contributed by atoms with Crippen molar-refractivity contribution >= 4 is 27.3 Å². The van der Waals surface area contributed by atoms with Crippen molar-refractivity contribution in [3.8, 4) is 0 Å². The number of rotatable bonds is 3. The van der Waals surface area contributed by atoms with Gasteiger partial charge in [0, 0.05) is 6.07 Å². The van der Waals surface area contributed by atoms with E-state index in [0.29, 0.717) is 4.09 Å². The van der Waals surface area contributed by atoms with Gasteiger partial charge in [0.15, 0.2) is 4.90 Å². The maximum Gasteiger partial charge on any atom is 0.289 e. The van der Waals surface area contributed by atoms with Crippen LogP contribution in [0.2, 0.25) is 5.02 Å². The van der Waals surface area contributed by atoms with Crippen LogP contribution in [-0.2, 0) is 10.0 Å². The van der Waals surface area contributed by atoms with Crippen LogP contribution in [0.15, 0.2) is 41.6 Å². The Hall–Kier alpha value is -1.93. The molecular formula is C9H6ClN3O4S. The molecule has 0 aliphatic rings. The zero-order valence-corrected chi connectivity index (χ0v) is 10.3. The molecule has 0 N–H and O–H groups in total. The van der Waals surface area contributed by atoms with E-state index in [0.717, 1.165) is 24.5 Å². The van der Waals surface area contributed by atoms with Gasteiger partial charge in [-0.2, -0.15) is 17.6 Å². The second-order valence-corrected chi connectivity index (χ2v) is 5.46. The second-order valence-electron chi connectivity index (χ2n) is 3.26. The molecule has 0 aliphatic carbocycles. The van der Waals surface area contributed by atoms with E-state index in [1.165, 1.54) is 12.1 Å². The molecule has 7 nitrogen and oxygen atoms in total. The van der Waals surface area contributed by atoms with Crippen LogP contribution in [0.5, 0.6) is 0 Å². The highest BCUT2D eigenvalue weighted by Gasteiger charge is 2.27. The molecule has 0 radical (unpaired) electrons. The molecule has 0 aliphatic heterocycles. The van der Waals surface area contributed by atoms with E-state index >= 15 is 0 Å². The standard InChI is InChI=1S/C9H6ClN3O4S/c10-7-5-11-12(6-7)18(16,17)9-4-2-1-3-8(9)13(14)15/h1-6H. The summed E-state index contributed by atoms with van der Waals surface area (Å²) in [6.07, 6.45) is 2.20. The SMILES string of the molecule is O=[N+]([O-])c1ccccc1S(=O)(=O)n1cc(Cl)cn1. The first-order valence-corrected chi connectivity index (χ1v) is 6.44. The summed E-state index contributed by atoms with van der Waals surface area (Å²) in [5.41, 5.74) is -0.510. The third-order valence-electron chi connectivity index (χ3n) is 2.11. The summed E-state index contributed by atoms with van der Waals surface area (Å²) in [5, 5.41) is 14.5. The lowest BCUT2D eigenvalue weighted by Gasteiger charge is -2.04. The zero-order valence-electron chi connectivity index (χ0n) is 8.72. The van der Waals surface area contributed by atoms with Crippen LogP contribution in [0.4, 0.5) is 5.69 Å². The first-order valence-electron chi connectivity index (χ1n) is 4.62. The predicted octanol–water partition coefficient (Wildman–Crippen LogP) is 1.68. The van der Waals surface area contributed by atoms with Crippen LogP contribution < -0.4 is 0 Å². The molecule has 0 atom stereocenters. The van der Waals surface area contributed by atoms with Gasteiger partial charge in [-0.05, 0) is 6.07 Å². The topological polar surface area (TPSA) is 95.1 Å². The maximum absolute atomic E-state index is 12.1. The molecule has 2 rings (SSSR count). The van der Waals surface area contributed by atoms with Gasteiger partial charge in [-0.1, -0.05) is 23.7 Å².